The van der Waals surface area contributed by atoms with Gasteiger partial charge in [0.25, 0.3) is 11.8 Å². The second kappa shape index (κ2) is 3.71. The Balaban J connectivity index is 2.03. The maximum absolute atomic E-state index is 11.6. The third-order valence-electron chi connectivity index (χ3n) is 3.41. The Hall–Kier alpha value is -2.60. The first kappa shape index (κ1) is 11.2. The molecule has 0 bridgehead atoms. The van der Waals surface area contributed by atoms with Crippen LogP contribution in [0.3, 0.4) is 0 Å². The highest BCUT2D eigenvalue weighted by Crippen LogP contribution is 2.32. The summed E-state index contributed by atoms with van der Waals surface area (Å²) in [5, 5.41) is 15.1. The van der Waals surface area contributed by atoms with Crippen LogP contribution in [0.4, 0.5) is 0 Å². The number of fused-ring (bicyclic) bond motifs is 2. The number of rotatable bonds is 1. The fourth-order valence-corrected chi connectivity index (χ4v) is 3.18. The van der Waals surface area contributed by atoms with E-state index in [0.717, 1.165) is 15.0 Å². The molecule has 2 amide bonds. The van der Waals surface area contributed by atoms with Crippen LogP contribution in [-0.4, -0.2) is 21.8 Å². The normalized spacial score (nSPS) is 13.8. The average Bonchev–Trinajstić information content (AvgIpc) is 3.10. The van der Waals surface area contributed by atoms with Gasteiger partial charge in [-0.25, -0.2) is 0 Å². The second-order valence-electron chi connectivity index (χ2n) is 4.56. The third-order valence-corrected chi connectivity index (χ3v) is 4.30. The Morgan fingerprint density at radius 2 is 1.85 bits per heavy atom. The summed E-state index contributed by atoms with van der Waals surface area (Å²) in [7, 11) is 0. The predicted octanol–water partition coefficient (Wildman–Crippen LogP) is 2.49. The molecule has 98 valence electrons. The molecule has 3 aromatic rings. The number of nitrogens with zero attached hydrogens (tertiary/aromatic N) is 1. The van der Waals surface area contributed by atoms with Gasteiger partial charge in [-0.2, -0.15) is 4.73 Å². The average molecular weight is 284 g/mol. The number of benzene rings is 1. The summed E-state index contributed by atoms with van der Waals surface area (Å²) in [6.45, 7) is 0. The molecule has 3 heterocycles. The molecule has 5 nitrogen and oxygen atoms in total. The van der Waals surface area contributed by atoms with Crippen molar-refractivity contribution >= 4 is 34.1 Å². The number of hydrogen-bond donors (Lipinski definition) is 2. The van der Waals surface area contributed by atoms with Crippen molar-refractivity contribution in [1.29, 1.82) is 0 Å². The molecule has 0 spiro atoms. The van der Waals surface area contributed by atoms with E-state index in [0.29, 0.717) is 22.3 Å². The molecule has 1 aromatic carbocycles. The lowest BCUT2D eigenvalue weighted by atomic mass is 10.1. The number of hydrogen-bond acceptors (Lipinski definition) is 4. The van der Waals surface area contributed by atoms with Gasteiger partial charge in [-0.15, -0.1) is 11.3 Å². The highest BCUT2D eigenvalue weighted by atomic mass is 32.1. The zero-order valence-corrected chi connectivity index (χ0v) is 10.9. The molecule has 0 unspecified atom stereocenters. The molecule has 0 fully saturated rings. The minimum atomic E-state index is -0.425. The van der Waals surface area contributed by atoms with Gasteiger partial charge in [0.1, 0.15) is 0 Å². The van der Waals surface area contributed by atoms with Crippen LogP contribution in [0.15, 0.2) is 35.7 Å². The zero-order valence-electron chi connectivity index (χ0n) is 10.1. The number of imide groups is 1. The van der Waals surface area contributed by atoms with E-state index < -0.39 is 11.8 Å². The van der Waals surface area contributed by atoms with Crippen LogP contribution in [0.25, 0.3) is 21.5 Å². The van der Waals surface area contributed by atoms with E-state index in [9.17, 15) is 14.8 Å². The summed E-state index contributed by atoms with van der Waals surface area (Å²) in [5.74, 6) is -0.818. The van der Waals surface area contributed by atoms with Gasteiger partial charge in [0.05, 0.1) is 27.2 Å². The molecule has 0 radical (unpaired) electrons. The standard InChI is InChI=1S/C14H8N2O3S/c17-13-8-4-7-5-11(12-2-1-3-20-12)16(19)10(7)6-9(8)14(18)15-13/h1-6,19H,(H,15,17,18). The first-order chi connectivity index (χ1) is 9.65. The number of carbonyl (C=O) groups excluding carboxylic acids is 2. The molecule has 0 aliphatic carbocycles. The van der Waals surface area contributed by atoms with Crippen molar-refractivity contribution in [3.63, 3.8) is 0 Å². The summed E-state index contributed by atoms with van der Waals surface area (Å²) >= 11 is 1.51. The van der Waals surface area contributed by atoms with Crippen LogP contribution in [-0.2, 0) is 0 Å². The fraction of sp³-hybridized carbons (Fsp3) is 0. The van der Waals surface area contributed by atoms with Gasteiger partial charge in [0.2, 0.25) is 0 Å². The van der Waals surface area contributed by atoms with Crippen molar-refractivity contribution in [2.75, 3.05) is 0 Å². The van der Waals surface area contributed by atoms with Crippen LogP contribution < -0.4 is 5.32 Å². The minimum Gasteiger partial charge on any atom is -0.428 e. The van der Waals surface area contributed by atoms with E-state index in [1.807, 2.05) is 17.5 Å². The molecule has 2 aromatic heterocycles. The molecular weight excluding hydrogens is 276 g/mol. The summed E-state index contributed by atoms with van der Waals surface area (Å²) in [4.78, 5) is 24.2. The molecule has 20 heavy (non-hydrogen) atoms. The van der Waals surface area contributed by atoms with Crippen LogP contribution in [0.2, 0.25) is 0 Å². The van der Waals surface area contributed by atoms with Crippen LogP contribution >= 0.6 is 11.3 Å². The lowest BCUT2D eigenvalue weighted by Gasteiger charge is -2.00. The molecule has 2 N–H and O–H groups in total. The Bertz CT molecular complexity index is 878. The lowest BCUT2D eigenvalue weighted by Crippen LogP contribution is -2.19. The van der Waals surface area contributed by atoms with Crippen LogP contribution in [0.1, 0.15) is 20.7 Å². The van der Waals surface area contributed by atoms with Crippen molar-refractivity contribution in [2.24, 2.45) is 0 Å². The van der Waals surface area contributed by atoms with E-state index in [4.69, 9.17) is 0 Å². The SMILES string of the molecule is O=C1NC(=O)c2cc3c(cc21)cc(-c1cccs1)n3O. The Morgan fingerprint density at radius 1 is 1.10 bits per heavy atom. The minimum absolute atomic E-state index is 0.300. The molecule has 6 heteroatoms. The van der Waals surface area contributed by atoms with E-state index >= 15 is 0 Å². The molecule has 4 rings (SSSR count). The van der Waals surface area contributed by atoms with E-state index in [-0.39, 0.29) is 0 Å². The first-order valence-corrected chi connectivity index (χ1v) is 6.81. The topological polar surface area (TPSA) is 71.3 Å². The zero-order chi connectivity index (χ0) is 13.9. The predicted molar refractivity (Wildman–Crippen MR) is 74.2 cm³/mol. The second-order valence-corrected chi connectivity index (χ2v) is 5.51. The van der Waals surface area contributed by atoms with Gasteiger partial charge in [0, 0.05) is 5.39 Å². The number of thiophene rings is 1. The van der Waals surface area contributed by atoms with Crippen LogP contribution in [0, 0.1) is 0 Å². The molecular formula is C14H8N2O3S. The Labute approximate surface area is 117 Å². The Morgan fingerprint density at radius 3 is 2.55 bits per heavy atom. The highest BCUT2D eigenvalue weighted by molar-refractivity contribution is 7.13. The van der Waals surface area contributed by atoms with Gasteiger partial charge < -0.3 is 5.21 Å². The Kier molecular flexibility index (Phi) is 2.08. The largest absolute Gasteiger partial charge is 0.428 e. The van der Waals surface area contributed by atoms with Crippen molar-refractivity contribution < 1.29 is 14.8 Å². The quantitative estimate of drug-likeness (QED) is 0.532. The molecule has 0 atom stereocenters. The summed E-state index contributed by atoms with van der Waals surface area (Å²) < 4.78 is 1.05. The summed E-state index contributed by atoms with van der Waals surface area (Å²) in [6, 6.07) is 8.78. The molecule has 1 aliphatic heterocycles. The number of amides is 2. The van der Waals surface area contributed by atoms with Crippen molar-refractivity contribution in [1.82, 2.24) is 10.0 Å². The lowest BCUT2D eigenvalue weighted by molar-refractivity contribution is 0.0879. The van der Waals surface area contributed by atoms with Crippen LogP contribution in [0.5, 0.6) is 0 Å². The maximum atomic E-state index is 11.6. The number of nitrogens with one attached hydrogen (secondary N) is 1. The molecule has 0 saturated carbocycles. The molecule has 0 saturated heterocycles. The number of aromatic nitrogens is 1. The van der Waals surface area contributed by atoms with Gasteiger partial charge in [0.15, 0.2) is 0 Å². The van der Waals surface area contributed by atoms with Gasteiger partial charge >= 0.3 is 0 Å². The van der Waals surface area contributed by atoms with Gasteiger partial charge in [-0.3, -0.25) is 14.9 Å². The van der Waals surface area contributed by atoms with Crippen molar-refractivity contribution in [3.05, 3.63) is 46.8 Å². The maximum Gasteiger partial charge on any atom is 0.259 e. The summed E-state index contributed by atoms with van der Waals surface area (Å²) in [5.41, 5.74) is 1.81. The van der Waals surface area contributed by atoms with Crippen molar-refractivity contribution in [3.8, 4) is 10.6 Å². The number of carbonyl (C=O) groups is 2. The highest BCUT2D eigenvalue weighted by Gasteiger charge is 2.28. The monoisotopic (exact) mass is 284 g/mol. The third kappa shape index (κ3) is 1.36. The fourth-order valence-electron chi connectivity index (χ4n) is 2.46. The van der Waals surface area contributed by atoms with E-state index in [1.165, 1.54) is 11.3 Å². The first-order valence-electron chi connectivity index (χ1n) is 5.93. The van der Waals surface area contributed by atoms with E-state index in [1.54, 1.807) is 18.2 Å². The molecule has 1 aliphatic rings. The van der Waals surface area contributed by atoms with Crippen molar-refractivity contribution in [2.45, 2.75) is 0 Å². The van der Waals surface area contributed by atoms with E-state index in [2.05, 4.69) is 5.32 Å². The van der Waals surface area contributed by atoms with Gasteiger partial charge in [-0.1, -0.05) is 6.07 Å². The van der Waals surface area contributed by atoms with Gasteiger partial charge in [-0.05, 0) is 29.6 Å². The smallest absolute Gasteiger partial charge is 0.259 e. The summed E-state index contributed by atoms with van der Waals surface area (Å²) in [6.07, 6.45) is 0.